The monoisotopic (exact) mass is 447 g/mol. The predicted octanol–water partition coefficient (Wildman–Crippen LogP) is 3.33. The minimum absolute atomic E-state index is 0.0176. The van der Waals surface area contributed by atoms with E-state index < -0.39 is 10.0 Å². The molecule has 1 aromatic carbocycles. The van der Waals surface area contributed by atoms with Gasteiger partial charge in [0.25, 0.3) is 0 Å². The second-order valence-electron chi connectivity index (χ2n) is 7.01. The van der Waals surface area contributed by atoms with Crippen LogP contribution in [0.2, 0.25) is 5.15 Å². The predicted molar refractivity (Wildman–Crippen MR) is 119 cm³/mol. The lowest BCUT2D eigenvalue weighted by molar-refractivity contribution is 0.122. The van der Waals surface area contributed by atoms with Crippen molar-refractivity contribution in [1.82, 2.24) is 15.0 Å². The van der Waals surface area contributed by atoms with Gasteiger partial charge in [0.2, 0.25) is 10.0 Å². The van der Waals surface area contributed by atoms with E-state index in [1.165, 1.54) is 0 Å². The molecule has 1 saturated heterocycles. The van der Waals surface area contributed by atoms with E-state index in [2.05, 4.69) is 24.6 Å². The Balaban J connectivity index is 1.73. The summed E-state index contributed by atoms with van der Waals surface area (Å²) in [6, 6.07) is 7.54. The van der Waals surface area contributed by atoms with Gasteiger partial charge in [-0.1, -0.05) is 24.6 Å². The first kappa shape index (κ1) is 20.8. The van der Waals surface area contributed by atoms with Crippen LogP contribution in [-0.2, 0) is 14.8 Å². The normalized spacial score (nSPS) is 14.8. The highest BCUT2D eigenvalue weighted by atomic mass is 35.5. The number of benzene rings is 1. The highest BCUT2D eigenvalue weighted by molar-refractivity contribution is 7.92. The lowest BCUT2D eigenvalue weighted by Crippen LogP contribution is -2.36. The molecule has 30 heavy (non-hydrogen) atoms. The van der Waals surface area contributed by atoms with E-state index in [-0.39, 0.29) is 16.6 Å². The molecule has 1 aliphatic heterocycles. The van der Waals surface area contributed by atoms with Gasteiger partial charge in [-0.3, -0.25) is 4.72 Å². The van der Waals surface area contributed by atoms with Crippen LogP contribution in [0.5, 0.6) is 0 Å². The molecule has 0 saturated carbocycles. The lowest BCUT2D eigenvalue weighted by atomic mass is 10.0. The molecule has 3 aromatic rings. The Kier molecular flexibility index (Phi) is 6.03. The maximum Gasteiger partial charge on any atom is 0.232 e. The molecule has 0 atom stereocenters. The fourth-order valence-electron chi connectivity index (χ4n) is 3.41. The van der Waals surface area contributed by atoms with Gasteiger partial charge in [-0.15, -0.1) is 0 Å². The molecule has 4 rings (SSSR count). The first-order valence-electron chi connectivity index (χ1n) is 9.71. The lowest BCUT2D eigenvalue weighted by Gasteiger charge is -2.28. The molecule has 0 radical (unpaired) electrons. The van der Waals surface area contributed by atoms with Gasteiger partial charge in [0.05, 0.1) is 30.2 Å². The number of sulfonamides is 1. The molecule has 10 heteroatoms. The average molecular weight is 448 g/mol. The molecule has 1 N–H and O–H groups in total. The van der Waals surface area contributed by atoms with Gasteiger partial charge in [0, 0.05) is 30.2 Å². The molecule has 0 unspecified atom stereocenters. The Labute approximate surface area is 180 Å². The van der Waals surface area contributed by atoms with Gasteiger partial charge in [-0.25, -0.2) is 23.4 Å². The topological polar surface area (TPSA) is 97.3 Å². The van der Waals surface area contributed by atoms with Crippen LogP contribution in [0, 0.1) is 0 Å². The molecule has 8 nitrogen and oxygen atoms in total. The minimum atomic E-state index is -3.48. The number of hydrogen-bond acceptors (Lipinski definition) is 7. The number of halogens is 1. The summed E-state index contributed by atoms with van der Waals surface area (Å²) in [4.78, 5) is 15.2. The molecule has 1 aliphatic rings. The summed E-state index contributed by atoms with van der Waals surface area (Å²) < 4.78 is 32.3. The van der Waals surface area contributed by atoms with Crippen LogP contribution in [0.1, 0.15) is 13.3 Å². The molecule has 0 amide bonds. The van der Waals surface area contributed by atoms with E-state index >= 15 is 0 Å². The van der Waals surface area contributed by atoms with Crippen molar-refractivity contribution in [3.05, 3.63) is 41.9 Å². The second-order valence-corrected chi connectivity index (χ2v) is 9.21. The van der Waals surface area contributed by atoms with Crippen LogP contribution in [0.25, 0.3) is 22.0 Å². The van der Waals surface area contributed by atoms with Gasteiger partial charge in [0.15, 0.2) is 5.15 Å². The molecule has 1 fully saturated rings. The average Bonchev–Trinajstić information content (AvgIpc) is 2.75. The standard InChI is InChI=1S/C20H22ClN5O3S/c1-2-9-30(27,28)25-18-11-15(12-22-19(18)21)14-3-4-17-16(10-14)20(24-13-23-17)26-5-7-29-8-6-26/h3-4,10-13,25H,2,5-9H2,1H3. The molecule has 2 aromatic heterocycles. The van der Waals surface area contributed by atoms with Crippen molar-refractivity contribution >= 4 is 44.0 Å². The zero-order valence-corrected chi connectivity index (χ0v) is 18.1. The summed E-state index contributed by atoms with van der Waals surface area (Å²) in [5, 5.41) is 1.02. The van der Waals surface area contributed by atoms with Crippen molar-refractivity contribution in [1.29, 1.82) is 0 Å². The smallest absolute Gasteiger partial charge is 0.232 e. The highest BCUT2D eigenvalue weighted by Gasteiger charge is 2.17. The summed E-state index contributed by atoms with van der Waals surface area (Å²) in [6.45, 7) is 4.66. The Morgan fingerprint density at radius 1 is 1.13 bits per heavy atom. The van der Waals surface area contributed by atoms with Crippen LogP contribution in [-0.4, -0.2) is 55.4 Å². The van der Waals surface area contributed by atoms with Gasteiger partial charge in [-0.05, 0) is 30.2 Å². The molecule has 0 bridgehead atoms. The fraction of sp³-hybridized carbons (Fsp3) is 0.350. The summed E-state index contributed by atoms with van der Waals surface area (Å²) in [6.07, 6.45) is 3.70. The van der Waals surface area contributed by atoms with E-state index in [1.807, 2.05) is 18.2 Å². The maximum absolute atomic E-state index is 12.2. The molecule has 0 spiro atoms. The Morgan fingerprint density at radius 2 is 1.93 bits per heavy atom. The Bertz CT molecular complexity index is 1170. The summed E-state index contributed by atoms with van der Waals surface area (Å²) in [5.41, 5.74) is 2.71. The highest BCUT2D eigenvalue weighted by Crippen LogP contribution is 2.32. The summed E-state index contributed by atoms with van der Waals surface area (Å²) in [5.74, 6) is 0.875. The van der Waals surface area contributed by atoms with E-state index in [0.29, 0.717) is 19.6 Å². The zero-order chi connectivity index (χ0) is 21.1. The van der Waals surface area contributed by atoms with Crippen molar-refractivity contribution < 1.29 is 13.2 Å². The van der Waals surface area contributed by atoms with Crippen LogP contribution >= 0.6 is 11.6 Å². The number of morpholine rings is 1. The molecular formula is C20H22ClN5O3S. The molecule has 3 heterocycles. The molecular weight excluding hydrogens is 426 g/mol. The van der Waals surface area contributed by atoms with Crippen LogP contribution < -0.4 is 9.62 Å². The van der Waals surface area contributed by atoms with Crippen LogP contribution in [0.3, 0.4) is 0 Å². The van der Waals surface area contributed by atoms with Crippen LogP contribution in [0.15, 0.2) is 36.8 Å². The Morgan fingerprint density at radius 3 is 2.70 bits per heavy atom. The fourth-order valence-corrected chi connectivity index (χ4v) is 4.75. The number of nitrogens with zero attached hydrogens (tertiary/aromatic N) is 4. The summed E-state index contributed by atoms with van der Waals surface area (Å²) >= 11 is 6.14. The van der Waals surface area contributed by atoms with Crippen LogP contribution in [0.4, 0.5) is 11.5 Å². The third-order valence-corrected chi connectivity index (χ3v) is 6.61. The number of nitrogens with one attached hydrogen (secondary N) is 1. The largest absolute Gasteiger partial charge is 0.378 e. The minimum Gasteiger partial charge on any atom is -0.378 e. The van der Waals surface area contributed by atoms with Crippen molar-refractivity contribution in [3.63, 3.8) is 0 Å². The van der Waals surface area contributed by atoms with Gasteiger partial charge in [-0.2, -0.15) is 0 Å². The number of rotatable bonds is 6. The van der Waals surface area contributed by atoms with E-state index in [1.54, 1.807) is 25.5 Å². The molecule has 0 aliphatic carbocycles. The Hall–Kier alpha value is -2.49. The van der Waals surface area contributed by atoms with E-state index in [0.717, 1.165) is 40.9 Å². The maximum atomic E-state index is 12.2. The third-order valence-electron chi connectivity index (χ3n) is 4.84. The van der Waals surface area contributed by atoms with Crippen molar-refractivity contribution in [2.75, 3.05) is 41.7 Å². The quantitative estimate of drug-likeness (QED) is 0.578. The van der Waals surface area contributed by atoms with E-state index in [4.69, 9.17) is 16.3 Å². The van der Waals surface area contributed by atoms with Gasteiger partial charge in [0.1, 0.15) is 12.1 Å². The first-order valence-corrected chi connectivity index (χ1v) is 11.7. The van der Waals surface area contributed by atoms with Gasteiger partial charge < -0.3 is 9.64 Å². The summed E-state index contributed by atoms with van der Waals surface area (Å²) in [7, 11) is -3.48. The van der Waals surface area contributed by atoms with Gasteiger partial charge >= 0.3 is 0 Å². The number of pyridine rings is 1. The zero-order valence-electron chi connectivity index (χ0n) is 16.5. The third kappa shape index (κ3) is 4.48. The number of hydrogen-bond donors (Lipinski definition) is 1. The number of ether oxygens (including phenoxy) is 1. The van der Waals surface area contributed by atoms with Crippen molar-refractivity contribution in [3.8, 4) is 11.1 Å². The number of anilines is 2. The van der Waals surface area contributed by atoms with Crippen molar-refractivity contribution in [2.24, 2.45) is 0 Å². The number of fused-ring (bicyclic) bond motifs is 1. The number of aromatic nitrogens is 3. The van der Waals surface area contributed by atoms with Crippen molar-refractivity contribution in [2.45, 2.75) is 13.3 Å². The first-order chi connectivity index (χ1) is 14.5. The second kappa shape index (κ2) is 8.71. The SMILES string of the molecule is CCCS(=O)(=O)Nc1cc(-c2ccc3ncnc(N4CCOCC4)c3c2)cnc1Cl. The van der Waals surface area contributed by atoms with E-state index in [9.17, 15) is 8.42 Å². The molecule has 158 valence electrons.